The number of aromatic nitrogens is 4. The number of hydrogen-bond acceptors (Lipinski definition) is 12. The number of fused-ring (bicyclic) bond motifs is 8. The van der Waals surface area contributed by atoms with E-state index in [0.717, 1.165) is 107 Å². The van der Waals surface area contributed by atoms with Gasteiger partial charge < -0.3 is 57.7 Å². The first kappa shape index (κ1) is 50.4. The largest absolute Gasteiger partial charge is 0.508 e. The van der Waals surface area contributed by atoms with Crippen molar-refractivity contribution in [2.24, 2.45) is 0 Å². The van der Waals surface area contributed by atoms with Crippen molar-refractivity contribution in [2.45, 2.75) is 0 Å². The van der Waals surface area contributed by atoms with Gasteiger partial charge in [0.05, 0.1) is 82.2 Å². The molecule has 7 aromatic rings. The fourth-order valence-corrected chi connectivity index (χ4v) is 8.59. The van der Waals surface area contributed by atoms with E-state index >= 15 is 0 Å². The van der Waals surface area contributed by atoms with E-state index in [0.29, 0.717) is 79.3 Å². The molecule has 14 heteroatoms. The van der Waals surface area contributed by atoms with E-state index in [1.54, 1.807) is 33.5 Å². The van der Waals surface area contributed by atoms with Crippen molar-refractivity contribution >= 4 is 46.4 Å². The Morgan fingerprint density at radius 1 is 0.329 bits per heavy atom. The lowest BCUT2D eigenvalue weighted by atomic mass is 10.0. The van der Waals surface area contributed by atoms with Gasteiger partial charge in [-0.2, -0.15) is 0 Å². The maximum absolute atomic E-state index is 10.4. The highest BCUT2D eigenvalue weighted by Crippen LogP contribution is 2.39. The maximum Gasteiger partial charge on any atom is 0.119 e. The topological polar surface area (TPSA) is 161 Å². The number of benzene rings is 4. The summed E-state index contributed by atoms with van der Waals surface area (Å²) in [6.07, 6.45) is 8.24. The Morgan fingerprint density at radius 2 is 0.589 bits per heavy atom. The van der Waals surface area contributed by atoms with Crippen LogP contribution in [0.25, 0.3) is 90.9 Å². The van der Waals surface area contributed by atoms with Crippen LogP contribution in [0.15, 0.2) is 121 Å². The molecule has 0 saturated heterocycles. The molecule has 0 aliphatic carbocycles. The summed E-state index contributed by atoms with van der Waals surface area (Å²) < 4.78 is 50.3. The molecule has 0 saturated carbocycles. The molecule has 0 unspecified atom stereocenters. The average molecular weight is 985 g/mol. The van der Waals surface area contributed by atoms with E-state index in [4.69, 9.17) is 52.6 Å². The first-order valence-electron chi connectivity index (χ1n) is 24.3. The normalized spacial score (nSPS) is 11.9. The molecule has 4 aromatic carbocycles. The lowest BCUT2D eigenvalue weighted by molar-refractivity contribution is 0.0544. The Labute approximate surface area is 424 Å². The molecular weight excluding hydrogens is 925 g/mol. The Bertz CT molecular complexity index is 3090. The number of nitrogens with zero attached hydrogens (tertiary/aromatic N) is 2. The van der Waals surface area contributed by atoms with Gasteiger partial charge in [-0.15, -0.1) is 0 Å². The molecule has 0 spiro atoms. The van der Waals surface area contributed by atoms with Crippen LogP contribution in [0.5, 0.6) is 23.0 Å². The van der Waals surface area contributed by atoms with Crippen molar-refractivity contribution in [3.05, 3.63) is 144 Å². The van der Waals surface area contributed by atoms with E-state index in [1.807, 2.05) is 54.6 Å². The van der Waals surface area contributed by atoms with Crippen LogP contribution in [0.3, 0.4) is 0 Å². The average Bonchev–Trinajstić information content (AvgIpc) is 4.28. The predicted molar refractivity (Wildman–Crippen MR) is 287 cm³/mol. The molecule has 0 amide bonds. The predicted octanol–water partition coefficient (Wildman–Crippen LogP) is 11.2. The molecular formula is C59H60N4O10. The second-order valence-corrected chi connectivity index (χ2v) is 17.0. The van der Waals surface area contributed by atoms with Gasteiger partial charge in [-0.05, 0) is 119 Å². The molecule has 8 bridgehead atoms. The van der Waals surface area contributed by atoms with Crippen LogP contribution >= 0.6 is 0 Å². The van der Waals surface area contributed by atoms with E-state index in [2.05, 4.69) is 88.9 Å². The number of methoxy groups -OCH3 is 3. The van der Waals surface area contributed by atoms with Crippen LogP contribution in [0.1, 0.15) is 22.8 Å². The summed E-state index contributed by atoms with van der Waals surface area (Å²) >= 11 is 0. The Balaban J connectivity index is 1.21. The third-order valence-electron chi connectivity index (χ3n) is 12.1. The Morgan fingerprint density at radius 3 is 0.863 bits per heavy atom. The van der Waals surface area contributed by atoms with Crippen LogP contribution in [0, 0.1) is 0 Å². The SMILES string of the molecule is COCCOCCOc1ccc(-c2c3nc(c(-c4ccc(OCCOCCOC)cc4)c4ccc([nH]4)c(-c4ccc(OCCOCCOC)cc4)c4nc(c(-c5ccc(O)cc5)c5ccc2[nH]5)C=C4)C=C3)cc1. The molecule has 9 rings (SSSR count). The highest BCUT2D eigenvalue weighted by Gasteiger charge is 2.20. The van der Waals surface area contributed by atoms with Gasteiger partial charge in [-0.25, -0.2) is 9.97 Å². The van der Waals surface area contributed by atoms with Gasteiger partial charge in [-0.3, -0.25) is 0 Å². The minimum Gasteiger partial charge on any atom is -0.508 e. The molecule has 0 atom stereocenters. The van der Waals surface area contributed by atoms with E-state index < -0.39 is 0 Å². The van der Waals surface area contributed by atoms with Crippen molar-refractivity contribution in [1.82, 2.24) is 19.9 Å². The number of aromatic amines is 2. The molecule has 14 nitrogen and oxygen atoms in total. The minimum atomic E-state index is 0.171. The van der Waals surface area contributed by atoms with Crippen molar-refractivity contribution < 1.29 is 47.7 Å². The molecule has 5 heterocycles. The summed E-state index contributed by atoms with van der Waals surface area (Å²) in [5, 5.41) is 10.4. The van der Waals surface area contributed by atoms with Crippen molar-refractivity contribution in [2.75, 3.05) is 101 Å². The number of phenolic OH excluding ortho intramolecular Hbond substituents is 1. The first-order chi connectivity index (χ1) is 36.0. The summed E-state index contributed by atoms with van der Waals surface area (Å²) in [5.41, 5.74) is 13.7. The van der Waals surface area contributed by atoms with Gasteiger partial charge in [0.1, 0.15) is 42.8 Å². The Kier molecular flexibility index (Phi) is 17.4. The van der Waals surface area contributed by atoms with Crippen LogP contribution in [0.4, 0.5) is 0 Å². The molecule has 376 valence electrons. The molecule has 0 radical (unpaired) electrons. The van der Waals surface area contributed by atoms with Gasteiger partial charge >= 0.3 is 0 Å². The third kappa shape index (κ3) is 12.7. The summed E-state index contributed by atoms with van der Waals surface area (Å²) in [4.78, 5) is 18.5. The minimum absolute atomic E-state index is 0.171. The second kappa shape index (κ2) is 25.2. The van der Waals surface area contributed by atoms with E-state index in [-0.39, 0.29) is 5.75 Å². The number of aromatic hydroxyl groups is 1. The zero-order valence-electron chi connectivity index (χ0n) is 41.4. The van der Waals surface area contributed by atoms with Crippen LogP contribution in [-0.4, -0.2) is 126 Å². The molecule has 2 aliphatic rings. The monoisotopic (exact) mass is 984 g/mol. The zero-order chi connectivity index (χ0) is 50.2. The van der Waals surface area contributed by atoms with E-state index in [1.165, 1.54) is 0 Å². The standard InChI is InChI=1S/C59H60N4O10/c1-65-28-31-68-34-37-71-45-14-6-41(7-15-45)57-50-22-20-48(60-50)56(40-4-12-44(64)13-5-40)49-21-23-51(61-49)58(42-8-16-46(17-9-42)72-38-35-69-32-29-66-2)53-25-27-55(63-53)59(54-26-24-52(57)62-54)43-10-18-47(19-11-43)73-39-36-70-33-30-67-3/h4-27,60,63-64H,28-39H2,1-3H3. The van der Waals surface area contributed by atoms with Gasteiger partial charge in [0.25, 0.3) is 0 Å². The molecule has 3 aromatic heterocycles. The summed E-state index contributed by atoms with van der Waals surface area (Å²) in [7, 11) is 4.96. The number of H-pyrrole nitrogens is 2. The Hall–Kier alpha value is -7.56. The number of rotatable bonds is 25. The summed E-state index contributed by atoms with van der Waals surface area (Å²) in [5.74, 6) is 2.34. The van der Waals surface area contributed by atoms with Crippen molar-refractivity contribution in [3.8, 4) is 67.5 Å². The summed E-state index contributed by atoms with van der Waals surface area (Å²) in [6, 6.07) is 39.7. The van der Waals surface area contributed by atoms with Gasteiger partial charge in [0.15, 0.2) is 0 Å². The zero-order valence-corrected chi connectivity index (χ0v) is 41.4. The quantitative estimate of drug-likeness (QED) is 0.0466. The smallest absolute Gasteiger partial charge is 0.119 e. The van der Waals surface area contributed by atoms with Crippen molar-refractivity contribution in [3.63, 3.8) is 0 Å². The highest BCUT2D eigenvalue weighted by molar-refractivity contribution is 6.00. The lowest BCUT2D eigenvalue weighted by Crippen LogP contribution is -2.09. The molecule has 0 fully saturated rings. The number of nitrogens with one attached hydrogen (secondary N) is 2. The van der Waals surface area contributed by atoms with Crippen LogP contribution in [0.2, 0.25) is 0 Å². The van der Waals surface area contributed by atoms with Crippen LogP contribution < -0.4 is 14.2 Å². The fourth-order valence-electron chi connectivity index (χ4n) is 8.59. The highest BCUT2D eigenvalue weighted by atomic mass is 16.6. The first-order valence-corrected chi connectivity index (χ1v) is 24.3. The van der Waals surface area contributed by atoms with Gasteiger partial charge in [0, 0.05) is 65.7 Å². The number of ether oxygens (including phenoxy) is 9. The number of phenols is 1. The third-order valence-corrected chi connectivity index (χ3v) is 12.1. The molecule has 3 N–H and O–H groups in total. The van der Waals surface area contributed by atoms with E-state index in [9.17, 15) is 5.11 Å². The maximum atomic E-state index is 10.4. The molecule has 73 heavy (non-hydrogen) atoms. The van der Waals surface area contributed by atoms with Gasteiger partial charge in [0.2, 0.25) is 0 Å². The lowest BCUT2D eigenvalue weighted by Gasteiger charge is -2.10. The second-order valence-electron chi connectivity index (χ2n) is 17.0. The number of hydrogen-bond donors (Lipinski definition) is 3. The molecule has 2 aliphatic heterocycles. The van der Waals surface area contributed by atoms with Crippen LogP contribution in [-0.2, 0) is 28.4 Å². The van der Waals surface area contributed by atoms with Gasteiger partial charge in [-0.1, -0.05) is 48.5 Å². The van der Waals surface area contributed by atoms with Crippen molar-refractivity contribution in [1.29, 1.82) is 0 Å². The fraction of sp³-hybridized carbons (Fsp3) is 0.254. The summed E-state index contributed by atoms with van der Waals surface area (Å²) in [6.45, 7) is 5.67.